The number of nitrogens with zero attached hydrogens (tertiary/aromatic N) is 3. The van der Waals surface area contributed by atoms with Crippen LogP contribution in [0.2, 0.25) is 0 Å². The molecule has 4 rings (SSSR count). The van der Waals surface area contributed by atoms with Gasteiger partial charge in [0.2, 0.25) is 0 Å². The Kier molecular flexibility index (Phi) is 4.45. The van der Waals surface area contributed by atoms with Gasteiger partial charge in [-0.2, -0.15) is 0 Å². The maximum absolute atomic E-state index is 12.8. The highest BCUT2D eigenvalue weighted by Gasteiger charge is 2.18. The van der Waals surface area contributed by atoms with Crippen LogP contribution >= 0.6 is 0 Å². The molecule has 2 aromatic carbocycles. The molecule has 0 saturated heterocycles. The smallest absolute Gasteiger partial charge is 0.252 e. The molecule has 0 atom stereocenters. The third kappa shape index (κ3) is 3.32. The number of rotatable bonds is 5. The van der Waals surface area contributed by atoms with Gasteiger partial charge in [0, 0.05) is 17.3 Å². The molecule has 0 unspecified atom stereocenters. The number of hydrogen-bond acceptors (Lipinski definition) is 4. The van der Waals surface area contributed by atoms with Crippen LogP contribution < -0.4 is 5.32 Å². The Bertz CT molecular complexity index is 1120. The minimum Gasteiger partial charge on any atom is -0.345 e. The van der Waals surface area contributed by atoms with Crippen LogP contribution in [-0.2, 0) is 6.54 Å². The Balaban J connectivity index is 1.57. The van der Waals surface area contributed by atoms with Gasteiger partial charge in [0.15, 0.2) is 17.3 Å². The quantitative estimate of drug-likeness (QED) is 0.558. The Hall–Kier alpha value is -3.80. The maximum atomic E-state index is 12.8. The first-order chi connectivity index (χ1) is 13.2. The van der Waals surface area contributed by atoms with Gasteiger partial charge in [-0.3, -0.25) is 14.0 Å². The van der Waals surface area contributed by atoms with Crippen LogP contribution in [0.4, 0.5) is 0 Å². The van der Waals surface area contributed by atoms with Crippen molar-refractivity contribution in [3.63, 3.8) is 0 Å². The average molecular weight is 356 g/mol. The third-order valence-electron chi connectivity index (χ3n) is 4.24. The molecule has 27 heavy (non-hydrogen) atoms. The summed E-state index contributed by atoms with van der Waals surface area (Å²) in [6.45, 7) is 0.206. The van der Waals surface area contributed by atoms with E-state index >= 15 is 0 Å². The first-order valence-electron chi connectivity index (χ1n) is 8.49. The summed E-state index contributed by atoms with van der Waals surface area (Å²) in [6.07, 6.45) is 1.84. The van der Waals surface area contributed by atoms with E-state index in [9.17, 15) is 9.59 Å². The molecule has 0 aliphatic heterocycles. The zero-order valence-corrected chi connectivity index (χ0v) is 14.4. The lowest BCUT2D eigenvalue weighted by Crippen LogP contribution is -2.26. The Morgan fingerprint density at radius 1 is 0.815 bits per heavy atom. The lowest BCUT2D eigenvalue weighted by atomic mass is 9.98. The number of carbonyl (C=O) groups is 2. The van der Waals surface area contributed by atoms with Crippen LogP contribution in [-0.4, -0.2) is 26.3 Å². The number of benzene rings is 2. The summed E-state index contributed by atoms with van der Waals surface area (Å²) in [7, 11) is 0. The second-order valence-corrected chi connectivity index (χ2v) is 5.97. The molecule has 2 heterocycles. The number of hydrogen-bond donors (Lipinski definition) is 1. The molecule has 0 bridgehead atoms. The van der Waals surface area contributed by atoms with Crippen molar-refractivity contribution in [3.8, 4) is 0 Å². The SMILES string of the molecule is O=C(NCc1nnc2ccccn12)c1ccccc1C(=O)c1ccccc1. The number of ketones is 1. The molecule has 132 valence electrons. The van der Waals surface area contributed by atoms with Crippen LogP contribution in [0, 0.1) is 0 Å². The lowest BCUT2D eigenvalue weighted by Gasteiger charge is -2.09. The van der Waals surface area contributed by atoms with Gasteiger partial charge in [-0.15, -0.1) is 10.2 Å². The minimum atomic E-state index is -0.331. The zero-order chi connectivity index (χ0) is 18.6. The molecule has 0 aliphatic carbocycles. The molecule has 0 radical (unpaired) electrons. The van der Waals surface area contributed by atoms with Gasteiger partial charge in [-0.25, -0.2) is 0 Å². The summed E-state index contributed by atoms with van der Waals surface area (Å²) in [5.41, 5.74) is 1.95. The summed E-state index contributed by atoms with van der Waals surface area (Å²) in [4.78, 5) is 25.5. The van der Waals surface area contributed by atoms with E-state index in [2.05, 4.69) is 15.5 Å². The van der Waals surface area contributed by atoms with Crippen LogP contribution in [0.1, 0.15) is 32.1 Å². The summed E-state index contributed by atoms with van der Waals surface area (Å²) >= 11 is 0. The molecule has 1 amide bonds. The molecule has 2 aromatic heterocycles. The lowest BCUT2D eigenvalue weighted by molar-refractivity contribution is 0.0938. The first kappa shape index (κ1) is 16.7. The van der Waals surface area contributed by atoms with E-state index in [0.717, 1.165) is 0 Å². The van der Waals surface area contributed by atoms with Crippen molar-refractivity contribution >= 4 is 17.3 Å². The molecule has 6 nitrogen and oxygen atoms in total. The fourth-order valence-corrected chi connectivity index (χ4v) is 2.89. The van der Waals surface area contributed by atoms with Crippen molar-refractivity contribution in [3.05, 3.63) is 102 Å². The maximum Gasteiger partial charge on any atom is 0.252 e. The number of carbonyl (C=O) groups excluding carboxylic acids is 2. The first-order valence-corrected chi connectivity index (χ1v) is 8.49. The monoisotopic (exact) mass is 356 g/mol. The minimum absolute atomic E-state index is 0.186. The average Bonchev–Trinajstić information content (AvgIpc) is 3.15. The van der Waals surface area contributed by atoms with E-state index < -0.39 is 0 Å². The standard InChI is InChI=1S/C21H16N4O2/c26-20(15-8-2-1-3-9-15)16-10-4-5-11-17(16)21(27)22-14-19-24-23-18-12-6-7-13-25(18)19/h1-13H,14H2,(H,22,27). The van der Waals surface area contributed by atoms with Gasteiger partial charge >= 0.3 is 0 Å². The summed E-state index contributed by atoms with van der Waals surface area (Å²) in [5.74, 6) is 0.0997. The van der Waals surface area contributed by atoms with Crippen molar-refractivity contribution in [2.24, 2.45) is 0 Å². The molecule has 0 fully saturated rings. The van der Waals surface area contributed by atoms with Crippen LogP contribution in [0.15, 0.2) is 79.0 Å². The Morgan fingerprint density at radius 2 is 1.52 bits per heavy atom. The fourth-order valence-electron chi connectivity index (χ4n) is 2.89. The Morgan fingerprint density at radius 3 is 2.33 bits per heavy atom. The van der Waals surface area contributed by atoms with E-state index in [0.29, 0.717) is 28.2 Å². The van der Waals surface area contributed by atoms with Crippen LogP contribution in [0.3, 0.4) is 0 Å². The van der Waals surface area contributed by atoms with Gasteiger partial charge in [-0.1, -0.05) is 54.6 Å². The highest BCUT2D eigenvalue weighted by atomic mass is 16.2. The number of pyridine rings is 1. The van der Waals surface area contributed by atoms with Gasteiger partial charge in [0.05, 0.1) is 12.1 Å². The normalized spacial score (nSPS) is 10.7. The summed E-state index contributed by atoms with van der Waals surface area (Å²) < 4.78 is 1.81. The molecule has 4 aromatic rings. The Labute approximate surface area is 155 Å². The van der Waals surface area contributed by atoms with E-state index in [-0.39, 0.29) is 18.2 Å². The highest BCUT2D eigenvalue weighted by Crippen LogP contribution is 2.15. The topological polar surface area (TPSA) is 76.4 Å². The molecular formula is C21H16N4O2. The fraction of sp³-hybridized carbons (Fsp3) is 0.0476. The van der Waals surface area contributed by atoms with Gasteiger partial charge in [0.25, 0.3) is 5.91 Å². The second kappa shape index (κ2) is 7.21. The summed E-state index contributed by atoms with van der Waals surface area (Å²) in [5, 5.41) is 11.0. The molecule has 0 saturated carbocycles. The third-order valence-corrected chi connectivity index (χ3v) is 4.24. The van der Waals surface area contributed by atoms with Crippen LogP contribution in [0.25, 0.3) is 5.65 Å². The predicted molar refractivity (Wildman–Crippen MR) is 100 cm³/mol. The number of amides is 1. The predicted octanol–water partition coefficient (Wildman–Crippen LogP) is 2.89. The molecule has 0 spiro atoms. The van der Waals surface area contributed by atoms with Crippen molar-refractivity contribution in [1.82, 2.24) is 19.9 Å². The number of nitrogens with one attached hydrogen (secondary N) is 1. The van der Waals surface area contributed by atoms with Gasteiger partial charge < -0.3 is 5.32 Å². The van der Waals surface area contributed by atoms with Gasteiger partial charge in [-0.05, 0) is 18.2 Å². The van der Waals surface area contributed by atoms with Crippen molar-refractivity contribution in [2.45, 2.75) is 6.54 Å². The van der Waals surface area contributed by atoms with E-state index in [4.69, 9.17) is 0 Å². The molecular weight excluding hydrogens is 340 g/mol. The largest absolute Gasteiger partial charge is 0.345 e. The van der Waals surface area contributed by atoms with Crippen molar-refractivity contribution < 1.29 is 9.59 Å². The van der Waals surface area contributed by atoms with E-state index in [1.807, 2.05) is 30.5 Å². The molecule has 1 N–H and O–H groups in total. The highest BCUT2D eigenvalue weighted by molar-refractivity contribution is 6.15. The summed E-state index contributed by atoms with van der Waals surface area (Å²) in [6, 6.07) is 21.3. The van der Waals surface area contributed by atoms with Gasteiger partial charge in [0.1, 0.15) is 0 Å². The van der Waals surface area contributed by atoms with Crippen molar-refractivity contribution in [2.75, 3.05) is 0 Å². The molecule has 0 aliphatic rings. The van der Waals surface area contributed by atoms with Crippen molar-refractivity contribution in [1.29, 1.82) is 0 Å². The number of aromatic nitrogens is 3. The van der Waals surface area contributed by atoms with Crippen LogP contribution in [0.5, 0.6) is 0 Å². The number of fused-ring (bicyclic) bond motifs is 1. The zero-order valence-electron chi connectivity index (χ0n) is 14.4. The van der Waals surface area contributed by atoms with E-state index in [1.54, 1.807) is 52.9 Å². The molecule has 6 heteroatoms. The second-order valence-electron chi connectivity index (χ2n) is 5.97. The van der Waals surface area contributed by atoms with E-state index in [1.165, 1.54) is 0 Å².